The zero-order valence-corrected chi connectivity index (χ0v) is 11.2. The minimum absolute atomic E-state index is 0.0857. The van der Waals surface area contributed by atoms with Crippen molar-refractivity contribution in [2.45, 2.75) is 11.4 Å². The molecule has 1 amide bonds. The van der Waals surface area contributed by atoms with Gasteiger partial charge in [0.25, 0.3) is 5.91 Å². The molecule has 2 aromatic rings. The van der Waals surface area contributed by atoms with Gasteiger partial charge in [-0.05, 0) is 30.3 Å². The van der Waals surface area contributed by atoms with E-state index in [9.17, 15) is 13.2 Å². The summed E-state index contributed by atoms with van der Waals surface area (Å²) in [4.78, 5) is 11.8. The van der Waals surface area contributed by atoms with E-state index in [1.165, 1.54) is 24.3 Å². The molecule has 8 heteroatoms. The van der Waals surface area contributed by atoms with Crippen LogP contribution in [0.4, 0.5) is 5.69 Å². The SMILES string of the molecule is NCc1ccc(C(=O)Nc2cccc(S(N)(=O)=O)c2)o1. The molecule has 0 aliphatic rings. The molecular weight excluding hydrogens is 282 g/mol. The van der Waals surface area contributed by atoms with Crippen LogP contribution >= 0.6 is 0 Å². The molecule has 0 bridgehead atoms. The molecule has 0 aliphatic heterocycles. The normalized spacial score (nSPS) is 11.3. The summed E-state index contributed by atoms with van der Waals surface area (Å²) in [7, 11) is -3.82. The number of primary sulfonamides is 1. The molecule has 1 aromatic heterocycles. The van der Waals surface area contributed by atoms with Crippen molar-refractivity contribution >= 4 is 21.6 Å². The fourth-order valence-corrected chi connectivity index (χ4v) is 2.11. The monoisotopic (exact) mass is 295 g/mol. The number of benzene rings is 1. The Kier molecular flexibility index (Phi) is 3.89. The van der Waals surface area contributed by atoms with Crippen LogP contribution in [-0.2, 0) is 16.6 Å². The molecule has 0 unspecified atom stereocenters. The number of carbonyl (C=O) groups excluding carboxylic acids is 1. The van der Waals surface area contributed by atoms with Gasteiger partial charge in [-0.15, -0.1) is 0 Å². The Hall–Kier alpha value is -2.16. The van der Waals surface area contributed by atoms with Crippen LogP contribution in [0, 0.1) is 0 Å². The van der Waals surface area contributed by atoms with Gasteiger partial charge in [0.2, 0.25) is 10.0 Å². The highest BCUT2D eigenvalue weighted by molar-refractivity contribution is 7.89. The first kappa shape index (κ1) is 14.3. The van der Waals surface area contributed by atoms with Gasteiger partial charge in [0.15, 0.2) is 5.76 Å². The molecular formula is C12H13N3O4S. The molecule has 1 heterocycles. The average molecular weight is 295 g/mol. The van der Waals surface area contributed by atoms with E-state index < -0.39 is 15.9 Å². The summed E-state index contributed by atoms with van der Waals surface area (Å²) in [6.45, 7) is 0.189. The number of rotatable bonds is 4. The van der Waals surface area contributed by atoms with Crippen LogP contribution in [0.1, 0.15) is 16.3 Å². The largest absolute Gasteiger partial charge is 0.455 e. The zero-order valence-electron chi connectivity index (χ0n) is 10.4. The third kappa shape index (κ3) is 3.23. The summed E-state index contributed by atoms with van der Waals surface area (Å²) < 4.78 is 27.6. The van der Waals surface area contributed by atoms with Crippen molar-refractivity contribution in [1.82, 2.24) is 0 Å². The average Bonchev–Trinajstić information content (AvgIpc) is 2.87. The van der Waals surface area contributed by atoms with Crippen molar-refractivity contribution < 1.29 is 17.6 Å². The number of nitrogens with one attached hydrogen (secondary N) is 1. The number of anilines is 1. The number of nitrogens with two attached hydrogens (primary N) is 2. The van der Waals surface area contributed by atoms with Crippen LogP contribution in [0.25, 0.3) is 0 Å². The second-order valence-corrected chi connectivity index (χ2v) is 5.56. The molecule has 20 heavy (non-hydrogen) atoms. The van der Waals surface area contributed by atoms with Crippen molar-refractivity contribution in [1.29, 1.82) is 0 Å². The van der Waals surface area contributed by atoms with E-state index >= 15 is 0 Å². The highest BCUT2D eigenvalue weighted by atomic mass is 32.2. The number of furan rings is 1. The lowest BCUT2D eigenvalue weighted by Gasteiger charge is -2.05. The maximum atomic E-state index is 11.9. The smallest absolute Gasteiger partial charge is 0.291 e. The van der Waals surface area contributed by atoms with Crippen LogP contribution in [-0.4, -0.2) is 14.3 Å². The fraction of sp³-hybridized carbons (Fsp3) is 0.0833. The van der Waals surface area contributed by atoms with Gasteiger partial charge in [-0.25, -0.2) is 13.6 Å². The summed E-state index contributed by atoms with van der Waals surface area (Å²) in [5, 5.41) is 7.53. The molecule has 0 saturated carbocycles. The van der Waals surface area contributed by atoms with Gasteiger partial charge in [0, 0.05) is 5.69 Å². The van der Waals surface area contributed by atoms with E-state index in [2.05, 4.69) is 5.32 Å². The summed E-state index contributed by atoms with van der Waals surface area (Å²) in [6, 6.07) is 8.70. The summed E-state index contributed by atoms with van der Waals surface area (Å²) in [5.41, 5.74) is 5.68. The quantitative estimate of drug-likeness (QED) is 0.762. The zero-order chi connectivity index (χ0) is 14.8. The van der Waals surface area contributed by atoms with Gasteiger partial charge in [-0.3, -0.25) is 4.79 Å². The first-order chi connectivity index (χ1) is 9.40. The van der Waals surface area contributed by atoms with Gasteiger partial charge in [0.05, 0.1) is 11.4 Å². The van der Waals surface area contributed by atoms with Crippen molar-refractivity contribution in [3.05, 3.63) is 47.9 Å². The van der Waals surface area contributed by atoms with Gasteiger partial charge in [0.1, 0.15) is 5.76 Å². The van der Waals surface area contributed by atoms with Crippen LogP contribution in [0.15, 0.2) is 45.7 Å². The summed E-state index contributed by atoms with van der Waals surface area (Å²) in [6.07, 6.45) is 0. The standard InChI is InChI=1S/C12H13N3O4S/c13-7-9-4-5-11(19-9)12(16)15-8-2-1-3-10(6-8)20(14,17)18/h1-6H,7,13H2,(H,15,16)(H2,14,17,18). The van der Waals surface area contributed by atoms with E-state index in [0.29, 0.717) is 11.4 Å². The molecule has 5 N–H and O–H groups in total. The van der Waals surface area contributed by atoms with Crippen molar-refractivity contribution in [3.8, 4) is 0 Å². The molecule has 106 valence electrons. The maximum absolute atomic E-state index is 11.9. The number of hydrogen-bond donors (Lipinski definition) is 3. The number of sulfonamides is 1. The molecule has 7 nitrogen and oxygen atoms in total. The Morgan fingerprint density at radius 1 is 1.25 bits per heavy atom. The fourth-order valence-electron chi connectivity index (χ4n) is 1.55. The number of carbonyl (C=O) groups is 1. The number of amides is 1. The Morgan fingerprint density at radius 3 is 2.60 bits per heavy atom. The van der Waals surface area contributed by atoms with Gasteiger partial charge in [-0.1, -0.05) is 6.07 Å². The highest BCUT2D eigenvalue weighted by Crippen LogP contribution is 2.16. The van der Waals surface area contributed by atoms with Crippen LogP contribution in [0.2, 0.25) is 0 Å². The Morgan fingerprint density at radius 2 is 2.00 bits per heavy atom. The maximum Gasteiger partial charge on any atom is 0.291 e. The predicted molar refractivity (Wildman–Crippen MR) is 72.4 cm³/mol. The Bertz CT molecular complexity index is 737. The van der Waals surface area contributed by atoms with Crippen LogP contribution < -0.4 is 16.2 Å². The van der Waals surface area contributed by atoms with E-state index in [1.807, 2.05) is 0 Å². The molecule has 0 radical (unpaired) electrons. The van der Waals surface area contributed by atoms with E-state index in [0.717, 1.165) is 0 Å². The highest BCUT2D eigenvalue weighted by Gasteiger charge is 2.13. The lowest BCUT2D eigenvalue weighted by Crippen LogP contribution is -2.14. The van der Waals surface area contributed by atoms with Gasteiger partial charge >= 0.3 is 0 Å². The molecule has 0 aliphatic carbocycles. The van der Waals surface area contributed by atoms with E-state index in [-0.39, 0.29) is 17.2 Å². The Labute approximate surface area is 115 Å². The molecule has 0 fully saturated rings. The topological polar surface area (TPSA) is 128 Å². The minimum Gasteiger partial charge on any atom is -0.455 e. The first-order valence-electron chi connectivity index (χ1n) is 5.63. The third-order valence-electron chi connectivity index (χ3n) is 2.51. The van der Waals surface area contributed by atoms with Crippen LogP contribution in [0.5, 0.6) is 0 Å². The minimum atomic E-state index is -3.82. The molecule has 0 spiro atoms. The molecule has 0 saturated heterocycles. The first-order valence-corrected chi connectivity index (χ1v) is 7.18. The van der Waals surface area contributed by atoms with Crippen molar-refractivity contribution in [3.63, 3.8) is 0 Å². The third-order valence-corrected chi connectivity index (χ3v) is 3.42. The summed E-state index contributed by atoms with van der Waals surface area (Å²) >= 11 is 0. The van der Waals surface area contributed by atoms with Crippen molar-refractivity contribution in [2.75, 3.05) is 5.32 Å². The second-order valence-electron chi connectivity index (χ2n) is 4.00. The second kappa shape index (κ2) is 5.45. The predicted octanol–water partition coefficient (Wildman–Crippen LogP) is 0.638. The summed E-state index contributed by atoms with van der Waals surface area (Å²) in [5.74, 6) is 0.0659. The van der Waals surface area contributed by atoms with Gasteiger partial charge < -0.3 is 15.5 Å². The Balaban J connectivity index is 2.20. The van der Waals surface area contributed by atoms with E-state index in [4.69, 9.17) is 15.3 Å². The lowest BCUT2D eigenvalue weighted by molar-refractivity contribution is 0.0995. The lowest BCUT2D eigenvalue weighted by atomic mass is 10.3. The molecule has 1 aromatic carbocycles. The van der Waals surface area contributed by atoms with Gasteiger partial charge in [-0.2, -0.15) is 0 Å². The molecule has 2 rings (SSSR count). The van der Waals surface area contributed by atoms with Crippen molar-refractivity contribution in [2.24, 2.45) is 10.9 Å². The number of hydrogen-bond acceptors (Lipinski definition) is 5. The molecule has 0 atom stereocenters. The van der Waals surface area contributed by atoms with E-state index in [1.54, 1.807) is 12.1 Å². The van der Waals surface area contributed by atoms with Crippen LogP contribution in [0.3, 0.4) is 0 Å².